The lowest BCUT2D eigenvalue weighted by molar-refractivity contribution is -0.0315. The summed E-state index contributed by atoms with van der Waals surface area (Å²) in [5.41, 5.74) is 1.96. The summed E-state index contributed by atoms with van der Waals surface area (Å²) in [6, 6.07) is 4.55. The van der Waals surface area contributed by atoms with Crippen molar-refractivity contribution in [2.24, 2.45) is 0 Å². The fraction of sp³-hybridized carbons (Fsp3) is 0.647. The Morgan fingerprint density at radius 3 is 3.00 bits per heavy atom. The molecule has 0 aliphatic carbocycles. The molecule has 0 bridgehead atoms. The van der Waals surface area contributed by atoms with Crippen molar-refractivity contribution in [3.05, 3.63) is 24.2 Å². The van der Waals surface area contributed by atoms with Crippen LogP contribution in [0.4, 0.5) is 0 Å². The average Bonchev–Trinajstić information content (AvgIpc) is 2.94. The molecule has 22 heavy (non-hydrogen) atoms. The van der Waals surface area contributed by atoms with Crippen molar-refractivity contribution in [3.8, 4) is 0 Å². The zero-order valence-electron chi connectivity index (χ0n) is 13.0. The predicted octanol–water partition coefficient (Wildman–Crippen LogP) is 2.82. The minimum absolute atomic E-state index is 0.104. The summed E-state index contributed by atoms with van der Waals surface area (Å²) in [5.74, 6) is 1.13. The van der Waals surface area contributed by atoms with Gasteiger partial charge in [0, 0.05) is 25.3 Å². The van der Waals surface area contributed by atoms with E-state index < -0.39 is 0 Å². The fourth-order valence-electron chi connectivity index (χ4n) is 3.67. The molecule has 2 aliphatic heterocycles. The van der Waals surface area contributed by atoms with E-state index in [0.717, 1.165) is 49.4 Å². The molecule has 2 aliphatic rings. The van der Waals surface area contributed by atoms with E-state index in [1.807, 2.05) is 12.3 Å². The number of hydrogen-bond acceptors (Lipinski definition) is 4. The first-order valence-electron chi connectivity index (χ1n) is 8.58. The molecule has 0 amide bonds. The van der Waals surface area contributed by atoms with Crippen LogP contribution >= 0.6 is 0 Å². The van der Waals surface area contributed by atoms with Crippen LogP contribution in [0.3, 0.4) is 0 Å². The number of ether oxygens (including phenoxy) is 1. The number of rotatable bonds is 3. The van der Waals surface area contributed by atoms with E-state index in [9.17, 15) is 0 Å². The first-order valence-corrected chi connectivity index (χ1v) is 8.58. The highest BCUT2D eigenvalue weighted by Gasteiger charge is 2.24. The van der Waals surface area contributed by atoms with Gasteiger partial charge in [0.05, 0.1) is 0 Å². The van der Waals surface area contributed by atoms with E-state index in [1.165, 1.54) is 25.7 Å². The number of imidazole rings is 1. The van der Waals surface area contributed by atoms with E-state index in [2.05, 4.69) is 20.9 Å². The van der Waals surface area contributed by atoms with Gasteiger partial charge in [-0.05, 0) is 50.8 Å². The zero-order valence-corrected chi connectivity index (χ0v) is 13.0. The second kappa shape index (κ2) is 6.34. The number of piperidine rings is 1. The van der Waals surface area contributed by atoms with Gasteiger partial charge in [0.1, 0.15) is 17.6 Å². The van der Waals surface area contributed by atoms with Crippen molar-refractivity contribution in [1.29, 1.82) is 0 Å². The normalized spacial score (nSPS) is 26.4. The Balaban J connectivity index is 1.68. The van der Waals surface area contributed by atoms with Crippen LogP contribution in [0.25, 0.3) is 11.2 Å². The van der Waals surface area contributed by atoms with E-state index >= 15 is 0 Å². The molecule has 1 N–H and O–H groups in total. The third kappa shape index (κ3) is 2.75. The number of nitrogens with one attached hydrogen (secondary N) is 1. The molecule has 2 aromatic heterocycles. The van der Waals surface area contributed by atoms with Gasteiger partial charge in [-0.1, -0.05) is 6.42 Å². The predicted molar refractivity (Wildman–Crippen MR) is 85.7 cm³/mol. The van der Waals surface area contributed by atoms with E-state index in [4.69, 9.17) is 9.72 Å². The van der Waals surface area contributed by atoms with Crippen LogP contribution in [0.15, 0.2) is 18.3 Å². The Kier molecular flexibility index (Phi) is 4.08. The van der Waals surface area contributed by atoms with Gasteiger partial charge >= 0.3 is 0 Å². The SMILES string of the molecule is c1cnc2c(c1)nc(CC1CCCCN1)n2C1CCCCO1. The monoisotopic (exact) mass is 300 g/mol. The van der Waals surface area contributed by atoms with E-state index in [0.29, 0.717) is 6.04 Å². The fourth-order valence-corrected chi connectivity index (χ4v) is 3.67. The van der Waals surface area contributed by atoms with Gasteiger partial charge in [0.25, 0.3) is 0 Å². The molecule has 0 saturated carbocycles. The van der Waals surface area contributed by atoms with Gasteiger partial charge in [-0.2, -0.15) is 0 Å². The number of aromatic nitrogens is 3. The van der Waals surface area contributed by atoms with Gasteiger partial charge < -0.3 is 10.1 Å². The van der Waals surface area contributed by atoms with Crippen molar-refractivity contribution in [1.82, 2.24) is 19.9 Å². The van der Waals surface area contributed by atoms with Crippen LogP contribution in [0.2, 0.25) is 0 Å². The summed E-state index contributed by atoms with van der Waals surface area (Å²) in [4.78, 5) is 9.43. The zero-order chi connectivity index (χ0) is 14.8. The highest BCUT2D eigenvalue weighted by Crippen LogP contribution is 2.28. The largest absolute Gasteiger partial charge is 0.358 e. The maximum Gasteiger partial charge on any atom is 0.162 e. The molecule has 2 atom stereocenters. The maximum atomic E-state index is 6.02. The summed E-state index contributed by atoms with van der Waals surface area (Å²) in [5, 5.41) is 3.63. The van der Waals surface area contributed by atoms with Crippen molar-refractivity contribution in [2.75, 3.05) is 13.2 Å². The van der Waals surface area contributed by atoms with Crippen molar-refractivity contribution >= 4 is 11.2 Å². The Morgan fingerprint density at radius 1 is 1.23 bits per heavy atom. The molecule has 2 fully saturated rings. The Bertz CT molecular complexity index is 627. The lowest BCUT2D eigenvalue weighted by atomic mass is 10.0. The minimum Gasteiger partial charge on any atom is -0.358 e. The van der Waals surface area contributed by atoms with Crippen LogP contribution in [0, 0.1) is 0 Å². The topological polar surface area (TPSA) is 52.0 Å². The number of hydrogen-bond donors (Lipinski definition) is 1. The second-order valence-corrected chi connectivity index (χ2v) is 6.42. The third-order valence-corrected chi connectivity index (χ3v) is 4.81. The van der Waals surface area contributed by atoms with Gasteiger partial charge in [0.15, 0.2) is 5.65 Å². The quantitative estimate of drug-likeness (QED) is 0.947. The van der Waals surface area contributed by atoms with Gasteiger partial charge in [-0.15, -0.1) is 0 Å². The van der Waals surface area contributed by atoms with Crippen LogP contribution in [-0.2, 0) is 11.2 Å². The molecule has 4 heterocycles. The Morgan fingerprint density at radius 2 is 2.18 bits per heavy atom. The molecule has 4 rings (SSSR count). The first-order chi connectivity index (χ1) is 10.9. The van der Waals surface area contributed by atoms with Crippen LogP contribution in [0.5, 0.6) is 0 Å². The van der Waals surface area contributed by atoms with E-state index in [1.54, 1.807) is 0 Å². The molecule has 2 aromatic rings. The Hall–Kier alpha value is -1.46. The molecule has 0 radical (unpaired) electrons. The third-order valence-electron chi connectivity index (χ3n) is 4.81. The number of pyridine rings is 1. The molecular weight excluding hydrogens is 276 g/mol. The van der Waals surface area contributed by atoms with Gasteiger partial charge in [-0.3, -0.25) is 4.57 Å². The first kappa shape index (κ1) is 14.2. The molecule has 5 heteroatoms. The minimum atomic E-state index is 0.104. The van der Waals surface area contributed by atoms with Crippen LogP contribution in [-0.4, -0.2) is 33.7 Å². The van der Waals surface area contributed by atoms with E-state index in [-0.39, 0.29) is 6.23 Å². The number of nitrogens with zero attached hydrogens (tertiary/aromatic N) is 3. The molecule has 118 valence electrons. The van der Waals surface area contributed by atoms with Crippen LogP contribution < -0.4 is 5.32 Å². The summed E-state index contributed by atoms with van der Waals surface area (Å²) >= 11 is 0. The molecule has 0 spiro atoms. The summed E-state index contributed by atoms with van der Waals surface area (Å²) < 4.78 is 8.28. The Labute approximate surface area is 131 Å². The summed E-state index contributed by atoms with van der Waals surface area (Å²) in [6.45, 7) is 1.97. The molecule has 2 saturated heterocycles. The smallest absolute Gasteiger partial charge is 0.162 e. The lowest BCUT2D eigenvalue weighted by Crippen LogP contribution is -2.36. The highest BCUT2D eigenvalue weighted by atomic mass is 16.5. The van der Waals surface area contributed by atoms with Crippen molar-refractivity contribution < 1.29 is 4.74 Å². The summed E-state index contributed by atoms with van der Waals surface area (Å²) in [7, 11) is 0. The summed E-state index contributed by atoms with van der Waals surface area (Å²) in [6.07, 6.45) is 10.2. The van der Waals surface area contributed by atoms with Crippen LogP contribution in [0.1, 0.15) is 50.6 Å². The second-order valence-electron chi connectivity index (χ2n) is 6.42. The van der Waals surface area contributed by atoms with Gasteiger partial charge in [-0.25, -0.2) is 9.97 Å². The standard InChI is InChI=1S/C17H24N4O/c1-3-9-18-13(6-1)12-15-20-14-7-5-10-19-17(14)21(15)16-8-2-4-11-22-16/h5,7,10,13,16,18H,1-4,6,8-9,11-12H2. The van der Waals surface area contributed by atoms with Crippen molar-refractivity contribution in [2.45, 2.75) is 57.2 Å². The maximum absolute atomic E-state index is 6.02. The number of fused-ring (bicyclic) bond motifs is 1. The lowest BCUT2D eigenvalue weighted by Gasteiger charge is -2.28. The molecular formula is C17H24N4O. The highest BCUT2D eigenvalue weighted by molar-refractivity contribution is 5.71. The molecule has 0 aromatic carbocycles. The van der Waals surface area contributed by atoms with Crippen molar-refractivity contribution in [3.63, 3.8) is 0 Å². The molecule has 2 unspecified atom stereocenters. The molecule has 5 nitrogen and oxygen atoms in total. The average molecular weight is 300 g/mol. The van der Waals surface area contributed by atoms with Gasteiger partial charge in [0.2, 0.25) is 0 Å².